The summed E-state index contributed by atoms with van der Waals surface area (Å²) in [5.41, 5.74) is 2.51. The minimum absolute atomic E-state index is 0.663. The van der Waals surface area contributed by atoms with E-state index in [2.05, 4.69) is 29.4 Å². The average Bonchev–Trinajstić information content (AvgIpc) is 2.69. The maximum Gasteiger partial charge on any atom is 0.0471 e. The number of benzene rings is 1. The number of nitrogens with one attached hydrogen (secondary N) is 1. The molecule has 0 amide bonds. The Morgan fingerprint density at radius 1 is 1.21 bits per heavy atom. The fourth-order valence-electron chi connectivity index (χ4n) is 3.07. The van der Waals surface area contributed by atoms with Crippen molar-refractivity contribution in [2.45, 2.75) is 51.1 Å². The second-order valence-electron chi connectivity index (χ2n) is 5.52. The summed E-state index contributed by atoms with van der Waals surface area (Å²) in [4.78, 5) is 2.45. The van der Waals surface area contributed by atoms with Gasteiger partial charge in [-0.1, -0.05) is 43.4 Å². The van der Waals surface area contributed by atoms with Gasteiger partial charge in [-0.05, 0) is 32.0 Å². The molecular weight excluding hydrogens is 256 g/mol. The zero-order valence-corrected chi connectivity index (χ0v) is 12.8. The van der Waals surface area contributed by atoms with Crippen molar-refractivity contribution in [1.82, 2.24) is 5.32 Å². The summed E-state index contributed by atoms with van der Waals surface area (Å²) >= 11 is 6.36. The molecule has 0 bridgehead atoms. The summed E-state index contributed by atoms with van der Waals surface area (Å²) in [7, 11) is 4.19. The van der Waals surface area contributed by atoms with E-state index in [1.54, 1.807) is 0 Å². The minimum Gasteiger partial charge on any atom is -0.371 e. The lowest BCUT2D eigenvalue weighted by Gasteiger charge is -2.31. The smallest absolute Gasteiger partial charge is 0.0471 e. The minimum atomic E-state index is 0.663. The highest BCUT2D eigenvalue weighted by Crippen LogP contribution is 2.31. The third-order valence-corrected chi connectivity index (χ3v) is 4.55. The van der Waals surface area contributed by atoms with Crippen molar-refractivity contribution in [2.24, 2.45) is 0 Å². The van der Waals surface area contributed by atoms with Gasteiger partial charge in [0.05, 0.1) is 0 Å². The van der Waals surface area contributed by atoms with Crippen molar-refractivity contribution in [3.05, 3.63) is 28.8 Å². The van der Waals surface area contributed by atoms with Crippen LogP contribution in [-0.2, 0) is 6.54 Å². The standard InChI is InChI=1S/C16H25ClN2/c1-18-12-14-15(17)10-7-11-16(14)19(2)13-8-5-3-4-6-9-13/h7,10-11,13,18H,3-6,8-9,12H2,1-2H3. The van der Waals surface area contributed by atoms with Gasteiger partial charge >= 0.3 is 0 Å². The summed E-state index contributed by atoms with van der Waals surface area (Å²) in [6.07, 6.45) is 8.12. The number of hydrogen-bond donors (Lipinski definition) is 1. The Labute approximate surface area is 122 Å². The van der Waals surface area contributed by atoms with E-state index in [0.29, 0.717) is 6.04 Å². The van der Waals surface area contributed by atoms with E-state index in [9.17, 15) is 0 Å². The lowest BCUT2D eigenvalue weighted by atomic mass is 10.0. The number of hydrogen-bond acceptors (Lipinski definition) is 2. The van der Waals surface area contributed by atoms with Crippen LogP contribution in [0, 0.1) is 0 Å². The van der Waals surface area contributed by atoms with Crippen molar-refractivity contribution in [1.29, 1.82) is 0 Å². The lowest BCUT2D eigenvalue weighted by Crippen LogP contribution is -2.32. The Morgan fingerprint density at radius 2 is 1.89 bits per heavy atom. The first kappa shape index (κ1) is 14.7. The zero-order chi connectivity index (χ0) is 13.7. The molecule has 0 saturated heterocycles. The summed E-state index contributed by atoms with van der Waals surface area (Å²) < 4.78 is 0. The maximum atomic E-state index is 6.36. The normalized spacial score (nSPS) is 17.2. The predicted molar refractivity (Wildman–Crippen MR) is 84.1 cm³/mol. The molecule has 0 radical (unpaired) electrons. The molecule has 0 spiro atoms. The Morgan fingerprint density at radius 3 is 2.53 bits per heavy atom. The van der Waals surface area contributed by atoms with Gasteiger partial charge in [0.1, 0.15) is 0 Å². The van der Waals surface area contributed by atoms with Gasteiger partial charge in [0.25, 0.3) is 0 Å². The van der Waals surface area contributed by atoms with Crippen LogP contribution in [0.4, 0.5) is 5.69 Å². The van der Waals surface area contributed by atoms with Crippen molar-refractivity contribution in [3.63, 3.8) is 0 Å². The van der Waals surface area contributed by atoms with E-state index in [0.717, 1.165) is 11.6 Å². The first-order valence-electron chi connectivity index (χ1n) is 7.39. The Balaban J connectivity index is 2.21. The Hall–Kier alpha value is -0.730. The Kier molecular flexibility index (Phi) is 5.53. The quantitative estimate of drug-likeness (QED) is 0.831. The molecule has 19 heavy (non-hydrogen) atoms. The molecule has 2 nitrogen and oxygen atoms in total. The van der Waals surface area contributed by atoms with E-state index in [1.807, 2.05) is 13.1 Å². The molecule has 0 unspecified atom stereocenters. The third kappa shape index (κ3) is 3.64. The van der Waals surface area contributed by atoms with E-state index in [-0.39, 0.29) is 0 Å². The van der Waals surface area contributed by atoms with Crippen LogP contribution in [-0.4, -0.2) is 20.1 Å². The van der Waals surface area contributed by atoms with Crippen molar-refractivity contribution >= 4 is 17.3 Å². The first-order chi connectivity index (χ1) is 9.24. The molecule has 1 aliphatic carbocycles. The second-order valence-corrected chi connectivity index (χ2v) is 5.93. The van der Waals surface area contributed by atoms with Gasteiger partial charge in [-0.25, -0.2) is 0 Å². The topological polar surface area (TPSA) is 15.3 Å². The Bertz CT molecular complexity index is 398. The molecule has 1 fully saturated rings. The average molecular weight is 281 g/mol. The zero-order valence-electron chi connectivity index (χ0n) is 12.1. The summed E-state index contributed by atoms with van der Waals surface area (Å²) in [5, 5.41) is 4.09. The molecule has 0 aromatic heterocycles. The van der Waals surface area contributed by atoms with Gasteiger partial charge in [0, 0.05) is 35.9 Å². The molecule has 3 heteroatoms. The molecule has 2 rings (SSSR count). The molecule has 106 valence electrons. The van der Waals surface area contributed by atoms with Crippen LogP contribution >= 0.6 is 11.6 Å². The number of nitrogens with zero attached hydrogens (tertiary/aromatic N) is 1. The first-order valence-corrected chi connectivity index (χ1v) is 7.76. The third-order valence-electron chi connectivity index (χ3n) is 4.20. The maximum absolute atomic E-state index is 6.36. The highest BCUT2D eigenvalue weighted by atomic mass is 35.5. The van der Waals surface area contributed by atoms with E-state index < -0.39 is 0 Å². The lowest BCUT2D eigenvalue weighted by molar-refractivity contribution is 0.551. The predicted octanol–water partition coefficient (Wildman–Crippen LogP) is 4.22. The number of rotatable bonds is 4. The van der Waals surface area contributed by atoms with Gasteiger partial charge in [-0.15, -0.1) is 0 Å². The molecule has 0 aliphatic heterocycles. The second kappa shape index (κ2) is 7.16. The van der Waals surface area contributed by atoms with E-state index >= 15 is 0 Å². The monoisotopic (exact) mass is 280 g/mol. The van der Waals surface area contributed by atoms with Crippen LogP contribution in [0.25, 0.3) is 0 Å². The van der Waals surface area contributed by atoms with Crippen molar-refractivity contribution in [3.8, 4) is 0 Å². The van der Waals surface area contributed by atoms with Gasteiger partial charge in [0.15, 0.2) is 0 Å². The van der Waals surface area contributed by atoms with Gasteiger partial charge in [-0.2, -0.15) is 0 Å². The molecular formula is C16H25ClN2. The van der Waals surface area contributed by atoms with Crippen LogP contribution in [0.15, 0.2) is 18.2 Å². The van der Waals surface area contributed by atoms with Crippen molar-refractivity contribution < 1.29 is 0 Å². The van der Waals surface area contributed by atoms with Crippen molar-refractivity contribution in [2.75, 3.05) is 19.0 Å². The van der Waals surface area contributed by atoms with Crippen LogP contribution in [0.5, 0.6) is 0 Å². The molecule has 0 heterocycles. The van der Waals surface area contributed by atoms with Crippen LogP contribution in [0.3, 0.4) is 0 Å². The summed E-state index contributed by atoms with van der Waals surface area (Å²) in [5.74, 6) is 0. The number of halogens is 1. The van der Waals surface area contributed by atoms with Gasteiger partial charge in [0.2, 0.25) is 0 Å². The molecule has 1 saturated carbocycles. The van der Waals surface area contributed by atoms with Gasteiger partial charge < -0.3 is 10.2 Å². The van der Waals surface area contributed by atoms with Crippen LogP contribution in [0.2, 0.25) is 5.02 Å². The summed E-state index contributed by atoms with van der Waals surface area (Å²) in [6.45, 7) is 0.825. The fourth-order valence-corrected chi connectivity index (χ4v) is 3.31. The molecule has 1 aliphatic rings. The number of anilines is 1. The largest absolute Gasteiger partial charge is 0.371 e. The molecule has 1 aromatic carbocycles. The molecule has 1 N–H and O–H groups in total. The van der Waals surface area contributed by atoms with E-state index in [1.165, 1.54) is 49.8 Å². The van der Waals surface area contributed by atoms with Gasteiger partial charge in [-0.3, -0.25) is 0 Å². The highest BCUT2D eigenvalue weighted by molar-refractivity contribution is 6.31. The highest BCUT2D eigenvalue weighted by Gasteiger charge is 2.19. The fraction of sp³-hybridized carbons (Fsp3) is 0.625. The SMILES string of the molecule is CNCc1c(Cl)cccc1N(C)C1CCCCCC1. The summed E-state index contributed by atoms with van der Waals surface area (Å²) in [6, 6.07) is 6.91. The molecule has 1 aromatic rings. The molecule has 0 atom stereocenters. The van der Waals surface area contributed by atoms with Crippen LogP contribution in [0.1, 0.15) is 44.1 Å². The van der Waals surface area contributed by atoms with E-state index in [4.69, 9.17) is 11.6 Å². The van der Waals surface area contributed by atoms with Crippen LogP contribution < -0.4 is 10.2 Å².